The maximum atomic E-state index is 9.89. The molecule has 0 atom stereocenters. The van der Waals surface area contributed by atoms with Gasteiger partial charge in [-0.2, -0.15) is 0 Å². The van der Waals surface area contributed by atoms with Crippen molar-refractivity contribution in [1.29, 1.82) is 0 Å². The van der Waals surface area contributed by atoms with Crippen LogP contribution in [0.25, 0.3) is 87.6 Å². The summed E-state index contributed by atoms with van der Waals surface area (Å²) >= 11 is 0. The van der Waals surface area contributed by atoms with Crippen molar-refractivity contribution >= 4 is 71.3 Å². The van der Waals surface area contributed by atoms with E-state index in [1.54, 1.807) is 0 Å². The molecular weight excluding hydrogens is 679 g/mol. The highest BCUT2D eigenvalue weighted by Gasteiger charge is 2.21. The molecule has 0 spiro atoms. The summed E-state index contributed by atoms with van der Waals surface area (Å²) < 4.78 is 44.3. The lowest BCUT2D eigenvalue weighted by molar-refractivity contribution is 0.672. The highest BCUT2D eigenvalue weighted by Crippen LogP contribution is 2.45. The fourth-order valence-electron chi connectivity index (χ4n) is 8.19. The average molecular weight is 718 g/mol. The van der Waals surface area contributed by atoms with Crippen LogP contribution in [-0.2, 0) is 0 Å². The van der Waals surface area contributed by atoms with E-state index in [4.69, 9.17) is 5.79 Å². The predicted octanol–water partition coefficient (Wildman–Crippen LogP) is 15.5. The third-order valence-corrected chi connectivity index (χ3v) is 10.9. The maximum absolute atomic E-state index is 9.89. The molecule has 11 aromatic rings. The van der Waals surface area contributed by atoms with Crippen molar-refractivity contribution in [2.45, 2.75) is 0 Å². The van der Waals surface area contributed by atoms with Crippen molar-refractivity contribution < 1.29 is 9.90 Å². The Morgan fingerprint density at radius 3 is 1.95 bits per heavy atom. The zero-order valence-corrected chi connectivity index (χ0v) is 30.3. The van der Waals surface area contributed by atoms with Gasteiger partial charge >= 0.3 is 0 Å². The summed E-state index contributed by atoms with van der Waals surface area (Å²) in [5.74, 6) is 0. The lowest BCUT2D eigenvalue weighted by atomic mass is 9.95. The number of nitrogens with zero attached hydrogens (tertiary/aromatic N) is 1. The number of fused-ring (bicyclic) bond motifs is 7. The first-order chi connectivity index (χ1) is 29.4. The zero-order valence-electron chi connectivity index (χ0n) is 34.3. The molecule has 0 amide bonds. The summed E-state index contributed by atoms with van der Waals surface area (Å²) in [4.78, 5) is 1.91. The summed E-state index contributed by atoms with van der Waals surface area (Å²) in [6, 6.07) is 63.0. The molecule has 11 rings (SSSR count). The lowest BCUT2D eigenvalue weighted by Crippen LogP contribution is -2.10. The Kier molecular flexibility index (Phi) is 6.60. The van der Waals surface area contributed by atoms with E-state index in [0.29, 0.717) is 28.1 Å². The standard InChI is InChI=1S/C54H35NO/c1-2-14-40-33-43(26-25-36(40)11-1)42-17-8-19-46(35-42)55(51-23-10-24-52-53(51)50-32-29-39-13-4-6-21-49(39)54(50)56-52)45-30-27-37(28-31-45)41-16-7-18-44(34-41)48-22-9-15-38-12-3-5-20-47(38)48/h1-35H/i8D,17D,19D,35D. The van der Waals surface area contributed by atoms with Gasteiger partial charge in [0.1, 0.15) is 11.2 Å². The van der Waals surface area contributed by atoms with Crippen LogP contribution in [0.3, 0.4) is 0 Å². The van der Waals surface area contributed by atoms with Gasteiger partial charge in [0.2, 0.25) is 0 Å². The van der Waals surface area contributed by atoms with Gasteiger partial charge in [0, 0.05) is 22.1 Å². The maximum Gasteiger partial charge on any atom is 0.143 e. The van der Waals surface area contributed by atoms with Gasteiger partial charge in [0.25, 0.3) is 0 Å². The van der Waals surface area contributed by atoms with E-state index in [1.165, 1.54) is 16.3 Å². The molecule has 0 aliphatic heterocycles. The van der Waals surface area contributed by atoms with Crippen LogP contribution < -0.4 is 4.90 Å². The van der Waals surface area contributed by atoms with Crippen LogP contribution in [0.15, 0.2) is 217 Å². The Balaban J connectivity index is 1.13. The molecule has 56 heavy (non-hydrogen) atoms. The molecule has 0 aliphatic rings. The second-order valence-electron chi connectivity index (χ2n) is 14.2. The molecule has 0 saturated heterocycles. The van der Waals surface area contributed by atoms with Crippen molar-refractivity contribution in [1.82, 2.24) is 0 Å². The number of furan rings is 1. The van der Waals surface area contributed by atoms with Gasteiger partial charge in [0.15, 0.2) is 0 Å². The molecule has 1 aromatic heterocycles. The fraction of sp³-hybridized carbons (Fsp3) is 0. The van der Waals surface area contributed by atoms with Crippen molar-refractivity contribution in [2.75, 3.05) is 4.90 Å². The molecule has 262 valence electrons. The van der Waals surface area contributed by atoms with Crippen molar-refractivity contribution in [3.8, 4) is 33.4 Å². The number of hydrogen-bond donors (Lipinski definition) is 0. The van der Waals surface area contributed by atoms with Gasteiger partial charge < -0.3 is 9.32 Å². The lowest BCUT2D eigenvalue weighted by Gasteiger charge is -2.27. The largest absolute Gasteiger partial charge is 0.455 e. The summed E-state index contributed by atoms with van der Waals surface area (Å²) in [6.07, 6.45) is 0. The first-order valence-electron chi connectivity index (χ1n) is 20.8. The highest BCUT2D eigenvalue weighted by atomic mass is 16.3. The molecule has 0 bridgehead atoms. The van der Waals surface area contributed by atoms with E-state index in [-0.39, 0.29) is 29.9 Å². The van der Waals surface area contributed by atoms with Crippen molar-refractivity contribution in [2.24, 2.45) is 0 Å². The van der Waals surface area contributed by atoms with Gasteiger partial charge in [-0.1, -0.05) is 158 Å². The minimum Gasteiger partial charge on any atom is -0.455 e. The van der Waals surface area contributed by atoms with E-state index in [1.807, 2.05) is 89.8 Å². The smallest absolute Gasteiger partial charge is 0.143 e. The topological polar surface area (TPSA) is 16.4 Å². The van der Waals surface area contributed by atoms with E-state index in [0.717, 1.165) is 54.6 Å². The first-order valence-corrected chi connectivity index (χ1v) is 18.8. The predicted molar refractivity (Wildman–Crippen MR) is 237 cm³/mol. The van der Waals surface area contributed by atoms with Crippen LogP contribution in [0.1, 0.15) is 5.48 Å². The van der Waals surface area contributed by atoms with E-state index < -0.39 is 0 Å². The fourth-order valence-corrected chi connectivity index (χ4v) is 8.19. The minimum absolute atomic E-state index is 0.00148. The molecule has 0 N–H and O–H groups in total. The third-order valence-electron chi connectivity index (χ3n) is 10.9. The molecule has 2 heteroatoms. The molecule has 10 aromatic carbocycles. The summed E-state index contributed by atoms with van der Waals surface area (Å²) in [6.45, 7) is 0. The van der Waals surface area contributed by atoms with Crippen LogP contribution in [0, 0.1) is 0 Å². The number of anilines is 3. The summed E-state index contributed by atoms with van der Waals surface area (Å²) in [7, 11) is 0. The average Bonchev–Trinajstić information content (AvgIpc) is 3.70. The normalized spacial score (nSPS) is 12.6. The van der Waals surface area contributed by atoms with Gasteiger partial charge in [0.05, 0.1) is 16.6 Å². The SMILES string of the molecule is [2H]c1c([2H])c(-c2ccc3ccccc3c2)c([2H])c(N(c2ccc(-c3cccc(-c4cccc5ccccc45)c3)cc2)c2cccc3oc4c5ccccc5ccc4c23)c1[2H]. The zero-order chi connectivity index (χ0) is 40.5. The molecule has 0 aliphatic carbocycles. The van der Waals surface area contributed by atoms with Crippen molar-refractivity contribution in [3.05, 3.63) is 212 Å². The number of benzene rings is 10. The number of hydrogen-bond acceptors (Lipinski definition) is 2. The summed E-state index contributed by atoms with van der Waals surface area (Å²) in [5, 5.41) is 8.19. The monoisotopic (exact) mass is 717 g/mol. The van der Waals surface area contributed by atoms with Crippen LogP contribution in [0.2, 0.25) is 0 Å². The van der Waals surface area contributed by atoms with Gasteiger partial charge in [-0.3, -0.25) is 0 Å². The Hall–Kier alpha value is -7.42. The van der Waals surface area contributed by atoms with Gasteiger partial charge in [-0.25, -0.2) is 0 Å². The molecule has 1 heterocycles. The Labute approximate surface area is 330 Å². The van der Waals surface area contributed by atoms with Crippen LogP contribution in [0.5, 0.6) is 0 Å². The Morgan fingerprint density at radius 2 is 1.07 bits per heavy atom. The van der Waals surface area contributed by atoms with E-state index in [2.05, 4.69) is 103 Å². The van der Waals surface area contributed by atoms with Crippen LogP contribution in [0.4, 0.5) is 17.1 Å². The highest BCUT2D eigenvalue weighted by molar-refractivity contribution is 6.19. The molecule has 0 unspecified atom stereocenters. The Bertz CT molecular complexity index is 3490. The quantitative estimate of drug-likeness (QED) is 0.170. The number of rotatable bonds is 6. The van der Waals surface area contributed by atoms with Crippen molar-refractivity contribution in [3.63, 3.8) is 0 Å². The molecule has 0 saturated carbocycles. The third kappa shape index (κ3) is 5.42. The van der Waals surface area contributed by atoms with Gasteiger partial charge in [-0.15, -0.1) is 0 Å². The van der Waals surface area contributed by atoms with Crippen LogP contribution in [-0.4, -0.2) is 0 Å². The van der Waals surface area contributed by atoms with Gasteiger partial charge in [-0.05, 0) is 115 Å². The molecular formula is C54H35NO. The molecule has 2 nitrogen and oxygen atoms in total. The molecule has 0 radical (unpaired) electrons. The second-order valence-corrected chi connectivity index (χ2v) is 14.2. The first kappa shape index (κ1) is 28.1. The second kappa shape index (κ2) is 13.2. The molecule has 0 fully saturated rings. The van der Waals surface area contributed by atoms with E-state index >= 15 is 0 Å². The minimum atomic E-state index is -0.244. The van der Waals surface area contributed by atoms with E-state index in [9.17, 15) is 4.11 Å². The van der Waals surface area contributed by atoms with Crippen LogP contribution >= 0.6 is 0 Å². The summed E-state index contributed by atoms with van der Waals surface area (Å²) in [5.41, 5.74) is 8.37. The Morgan fingerprint density at radius 1 is 0.411 bits per heavy atom.